The average Bonchev–Trinajstić information content (AvgIpc) is 3.33. The van der Waals surface area contributed by atoms with Gasteiger partial charge in [-0.05, 0) is 31.9 Å². The third-order valence-corrected chi connectivity index (χ3v) is 4.52. The number of piperidine rings is 1. The minimum atomic E-state index is -5.08. The van der Waals surface area contributed by atoms with Crippen LogP contribution in [0.3, 0.4) is 0 Å². The Kier molecular flexibility index (Phi) is 6.09. The molecule has 0 radical (unpaired) electrons. The summed E-state index contributed by atoms with van der Waals surface area (Å²) in [6.07, 6.45) is -1.49. The van der Waals surface area contributed by atoms with E-state index in [1.54, 1.807) is 6.20 Å². The standard InChI is InChI=1S/C17H18N4O2.C2HF3O2/c1-11-9-18-15(19-11)17(22)21-8-4-5-12(10-21)16-20-13-6-2-3-7-14(13)23-16;3-2(4,5)1(6)7/h2-3,6-7,9,12H,4-5,8,10H2,1H3,(H,18,19);(H,6,7). The van der Waals surface area contributed by atoms with Gasteiger partial charge in [-0.15, -0.1) is 0 Å². The van der Waals surface area contributed by atoms with E-state index in [4.69, 9.17) is 14.3 Å². The molecule has 160 valence electrons. The number of carboxylic acid groups (broad SMARTS) is 1. The highest BCUT2D eigenvalue weighted by Gasteiger charge is 2.38. The number of carbonyl (C=O) groups is 2. The Bertz CT molecular complexity index is 1010. The second-order valence-electron chi connectivity index (χ2n) is 6.83. The van der Waals surface area contributed by atoms with Crippen molar-refractivity contribution >= 4 is 23.0 Å². The molecule has 0 spiro atoms. The van der Waals surface area contributed by atoms with Crippen molar-refractivity contribution in [2.75, 3.05) is 13.1 Å². The number of rotatable bonds is 2. The first kappa shape index (κ1) is 21.3. The minimum Gasteiger partial charge on any atom is -0.475 e. The molecule has 1 fully saturated rings. The Balaban J connectivity index is 0.000000318. The molecule has 2 aromatic heterocycles. The van der Waals surface area contributed by atoms with Crippen LogP contribution in [0.2, 0.25) is 0 Å². The molecule has 8 nitrogen and oxygen atoms in total. The first-order valence-electron chi connectivity index (χ1n) is 9.11. The summed E-state index contributed by atoms with van der Waals surface area (Å²) in [5.74, 6) is -1.55. The number of fused-ring (bicyclic) bond motifs is 1. The van der Waals surface area contributed by atoms with Gasteiger partial charge in [0, 0.05) is 25.0 Å². The maximum Gasteiger partial charge on any atom is 0.490 e. The van der Waals surface area contributed by atoms with Gasteiger partial charge in [-0.1, -0.05) is 12.1 Å². The molecule has 0 aliphatic carbocycles. The zero-order chi connectivity index (χ0) is 21.9. The van der Waals surface area contributed by atoms with E-state index in [0.717, 1.165) is 42.1 Å². The number of alkyl halides is 3. The number of halogens is 3. The number of amides is 1. The molecule has 1 saturated heterocycles. The summed E-state index contributed by atoms with van der Waals surface area (Å²) in [5.41, 5.74) is 2.56. The Morgan fingerprint density at radius 3 is 2.60 bits per heavy atom. The number of imidazole rings is 1. The van der Waals surface area contributed by atoms with Gasteiger partial charge >= 0.3 is 12.1 Å². The van der Waals surface area contributed by atoms with Crippen LogP contribution in [0.15, 0.2) is 34.9 Å². The number of nitrogens with one attached hydrogen (secondary N) is 1. The van der Waals surface area contributed by atoms with Crippen molar-refractivity contribution in [3.05, 3.63) is 47.9 Å². The number of carboxylic acids is 1. The quantitative estimate of drug-likeness (QED) is 0.651. The molecular weight excluding hydrogens is 405 g/mol. The summed E-state index contributed by atoms with van der Waals surface area (Å²) in [4.78, 5) is 35.0. The van der Waals surface area contributed by atoms with E-state index in [0.29, 0.717) is 12.4 Å². The number of oxazole rings is 1. The number of aliphatic carboxylic acids is 1. The number of aryl methyl sites for hydroxylation is 1. The number of aromatic nitrogens is 3. The third kappa shape index (κ3) is 4.97. The lowest BCUT2D eigenvalue weighted by Gasteiger charge is -2.30. The highest BCUT2D eigenvalue weighted by Crippen LogP contribution is 2.29. The molecule has 1 aliphatic rings. The fourth-order valence-electron chi connectivity index (χ4n) is 3.10. The van der Waals surface area contributed by atoms with Gasteiger partial charge < -0.3 is 19.4 Å². The monoisotopic (exact) mass is 424 g/mol. The van der Waals surface area contributed by atoms with Crippen molar-refractivity contribution in [1.82, 2.24) is 19.9 Å². The zero-order valence-corrected chi connectivity index (χ0v) is 15.9. The molecule has 2 N–H and O–H groups in total. The van der Waals surface area contributed by atoms with Gasteiger partial charge in [-0.3, -0.25) is 4.79 Å². The molecule has 30 heavy (non-hydrogen) atoms. The highest BCUT2D eigenvalue weighted by molar-refractivity contribution is 5.90. The number of likely N-dealkylation sites (tertiary alicyclic amines) is 1. The summed E-state index contributed by atoms with van der Waals surface area (Å²) in [7, 11) is 0. The highest BCUT2D eigenvalue weighted by atomic mass is 19.4. The number of nitrogens with zero attached hydrogens (tertiary/aromatic N) is 3. The van der Waals surface area contributed by atoms with Crippen LogP contribution in [0.4, 0.5) is 13.2 Å². The van der Waals surface area contributed by atoms with Gasteiger partial charge in [0.25, 0.3) is 5.91 Å². The van der Waals surface area contributed by atoms with Crippen LogP contribution < -0.4 is 0 Å². The van der Waals surface area contributed by atoms with E-state index >= 15 is 0 Å². The van der Waals surface area contributed by atoms with E-state index in [1.165, 1.54) is 0 Å². The number of para-hydroxylation sites is 2. The summed E-state index contributed by atoms with van der Waals surface area (Å²) >= 11 is 0. The maximum absolute atomic E-state index is 12.5. The van der Waals surface area contributed by atoms with E-state index in [-0.39, 0.29) is 11.8 Å². The van der Waals surface area contributed by atoms with Gasteiger partial charge in [-0.25, -0.2) is 14.8 Å². The number of carbonyl (C=O) groups excluding carboxylic acids is 1. The van der Waals surface area contributed by atoms with Gasteiger partial charge in [0.2, 0.25) is 0 Å². The van der Waals surface area contributed by atoms with Crippen LogP contribution in [0.25, 0.3) is 11.1 Å². The van der Waals surface area contributed by atoms with Crippen molar-refractivity contribution in [3.63, 3.8) is 0 Å². The lowest BCUT2D eigenvalue weighted by molar-refractivity contribution is -0.192. The first-order chi connectivity index (χ1) is 14.1. The summed E-state index contributed by atoms with van der Waals surface area (Å²) in [6, 6.07) is 7.75. The molecule has 0 bridgehead atoms. The molecule has 1 amide bonds. The Morgan fingerprint density at radius 2 is 2.00 bits per heavy atom. The first-order valence-corrected chi connectivity index (χ1v) is 9.11. The predicted octanol–water partition coefficient (Wildman–Crippen LogP) is 3.51. The predicted molar refractivity (Wildman–Crippen MR) is 98.9 cm³/mol. The molecule has 4 rings (SSSR count). The normalized spacial score (nSPS) is 16.8. The van der Waals surface area contributed by atoms with E-state index < -0.39 is 12.1 Å². The molecule has 1 aliphatic heterocycles. The van der Waals surface area contributed by atoms with Crippen LogP contribution in [-0.4, -0.2) is 56.1 Å². The van der Waals surface area contributed by atoms with Crippen LogP contribution in [0.5, 0.6) is 0 Å². The van der Waals surface area contributed by atoms with Gasteiger partial charge in [0.05, 0.1) is 5.92 Å². The fourth-order valence-corrected chi connectivity index (χ4v) is 3.10. The van der Waals surface area contributed by atoms with Crippen molar-refractivity contribution in [3.8, 4) is 0 Å². The molecule has 3 heterocycles. The van der Waals surface area contributed by atoms with Crippen molar-refractivity contribution in [2.45, 2.75) is 31.9 Å². The Labute approximate surface area is 168 Å². The van der Waals surface area contributed by atoms with Crippen molar-refractivity contribution in [1.29, 1.82) is 0 Å². The van der Waals surface area contributed by atoms with Gasteiger partial charge in [0.15, 0.2) is 17.3 Å². The van der Waals surface area contributed by atoms with E-state index in [2.05, 4.69) is 15.0 Å². The van der Waals surface area contributed by atoms with E-state index in [9.17, 15) is 18.0 Å². The minimum absolute atomic E-state index is 0.0566. The largest absolute Gasteiger partial charge is 0.490 e. The third-order valence-electron chi connectivity index (χ3n) is 4.52. The summed E-state index contributed by atoms with van der Waals surface area (Å²) in [5, 5.41) is 7.12. The topological polar surface area (TPSA) is 112 Å². The number of H-pyrrole nitrogens is 1. The molecule has 0 saturated carbocycles. The van der Waals surface area contributed by atoms with Crippen molar-refractivity contribution < 1.29 is 32.3 Å². The number of benzene rings is 1. The molecule has 1 unspecified atom stereocenters. The number of hydrogen-bond donors (Lipinski definition) is 2. The van der Waals surface area contributed by atoms with Crippen LogP contribution >= 0.6 is 0 Å². The number of hydrogen-bond acceptors (Lipinski definition) is 5. The Hall–Kier alpha value is -3.37. The Morgan fingerprint density at radius 1 is 1.30 bits per heavy atom. The second kappa shape index (κ2) is 8.56. The fraction of sp³-hybridized carbons (Fsp3) is 0.368. The molecular formula is C19H19F3N4O4. The smallest absolute Gasteiger partial charge is 0.475 e. The maximum atomic E-state index is 12.5. The molecule has 3 aromatic rings. The van der Waals surface area contributed by atoms with Gasteiger partial charge in [0.1, 0.15) is 5.52 Å². The lowest BCUT2D eigenvalue weighted by Crippen LogP contribution is -2.39. The summed E-state index contributed by atoms with van der Waals surface area (Å²) < 4.78 is 37.6. The second-order valence-corrected chi connectivity index (χ2v) is 6.83. The zero-order valence-electron chi connectivity index (χ0n) is 15.9. The van der Waals surface area contributed by atoms with E-state index in [1.807, 2.05) is 36.1 Å². The molecule has 11 heteroatoms. The van der Waals surface area contributed by atoms with Crippen molar-refractivity contribution in [2.24, 2.45) is 0 Å². The summed E-state index contributed by atoms with van der Waals surface area (Å²) in [6.45, 7) is 3.25. The lowest BCUT2D eigenvalue weighted by atomic mass is 9.98. The van der Waals surface area contributed by atoms with Crippen LogP contribution in [-0.2, 0) is 4.79 Å². The van der Waals surface area contributed by atoms with Gasteiger partial charge in [-0.2, -0.15) is 13.2 Å². The van der Waals surface area contributed by atoms with Crippen LogP contribution in [0.1, 0.15) is 41.0 Å². The number of aromatic amines is 1. The molecule has 1 atom stereocenters. The molecule has 1 aromatic carbocycles. The average molecular weight is 424 g/mol. The van der Waals surface area contributed by atoms with Crippen LogP contribution in [0, 0.1) is 6.92 Å². The SMILES string of the molecule is Cc1cnc(C(=O)N2CCCC(c3nc4ccccc4o3)C2)[nH]1.O=C(O)C(F)(F)F.